The van der Waals surface area contributed by atoms with Gasteiger partial charge in [-0.05, 0) is 96.7 Å². The number of anilines is 1. The lowest BCUT2D eigenvalue weighted by molar-refractivity contribution is -0.115. The summed E-state index contributed by atoms with van der Waals surface area (Å²) in [5.74, 6) is -0.367. The average molecular weight is 674 g/mol. The second-order valence-electron chi connectivity index (χ2n) is 9.29. The third-order valence-electron chi connectivity index (χ3n) is 6.50. The van der Waals surface area contributed by atoms with Crippen molar-refractivity contribution in [1.29, 1.82) is 0 Å². The molecule has 7 rings (SSSR count). The highest BCUT2D eigenvalue weighted by Gasteiger charge is 2.36. The van der Waals surface area contributed by atoms with Crippen molar-refractivity contribution >= 4 is 101 Å². The number of amidine groups is 1. The second kappa shape index (κ2) is 10.7. The number of aliphatic imine (C=N–C) groups is 1. The Hall–Kier alpha value is -3.97. The van der Waals surface area contributed by atoms with Crippen LogP contribution in [0.4, 0.5) is 11.4 Å². The highest BCUT2D eigenvalue weighted by atomic mass is 79.9. The van der Waals surface area contributed by atoms with Crippen LogP contribution in [0.2, 0.25) is 0 Å². The van der Waals surface area contributed by atoms with Gasteiger partial charge in [0.15, 0.2) is 14.6 Å². The van der Waals surface area contributed by atoms with Gasteiger partial charge in [-0.15, -0.1) is 11.3 Å². The molecular formula is C30H17BrN4O4S3. The molecule has 206 valence electrons. The number of benzene rings is 3. The zero-order valence-corrected chi connectivity index (χ0v) is 25.6. The summed E-state index contributed by atoms with van der Waals surface area (Å²) in [6, 6.07) is 21.6. The number of rotatable bonds is 5. The van der Waals surface area contributed by atoms with E-state index in [9.17, 15) is 14.4 Å². The summed E-state index contributed by atoms with van der Waals surface area (Å²) in [6.07, 6.45) is 1.69. The van der Waals surface area contributed by atoms with Crippen LogP contribution in [0.1, 0.15) is 32.0 Å². The van der Waals surface area contributed by atoms with Gasteiger partial charge in [-0.25, -0.2) is 14.9 Å². The normalized spacial score (nSPS) is 16.7. The van der Waals surface area contributed by atoms with Crippen molar-refractivity contribution in [1.82, 2.24) is 10.3 Å². The molecule has 4 heterocycles. The number of fused-ring (bicyclic) bond motifs is 2. The fourth-order valence-corrected chi connectivity index (χ4v) is 7.81. The standard InChI is InChI=1S/C30H17BrN4O4S3/c1-15-12-16(31)6-9-21(15)32-29-34-26(36)24(40-29)14-18-8-11-25(39-18)42-30-33-22-10-7-17(13-23(22)41-30)35-27(37)19-4-2-3-5-20(19)28(35)38/h2-14H,1H3,(H,32,34,36)/b24-14-. The first-order chi connectivity index (χ1) is 20.3. The maximum Gasteiger partial charge on any atom is 0.266 e. The summed E-state index contributed by atoms with van der Waals surface area (Å²) in [7, 11) is 0. The fraction of sp³-hybridized carbons (Fsp3) is 0.0333. The molecular weight excluding hydrogens is 656 g/mol. The summed E-state index contributed by atoms with van der Waals surface area (Å²) >= 11 is 7.50. The molecule has 0 unspecified atom stereocenters. The van der Waals surface area contributed by atoms with Gasteiger partial charge in [-0.2, -0.15) is 0 Å². The van der Waals surface area contributed by atoms with Crippen LogP contribution >= 0.6 is 50.8 Å². The van der Waals surface area contributed by atoms with Crippen LogP contribution in [0.25, 0.3) is 16.3 Å². The Morgan fingerprint density at radius 1 is 1.00 bits per heavy atom. The average Bonchev–Trinajstić information content (AvgIpc) is 3.72. The number of carbonyl (C=O) groups is 3. The van der Waals surface area contributed by atoms with Gasteiger partial charge in [0.25, 0.3) is 17.7 Å². The van der Waals surface area contributed by atoms with E-state index in [1.54, 1.807) is 48.5 Å². The molecule has 2 aliphatic heterocycles. The summed E-state index contributed by atoms with van der Waals surface area (Å²) in [6.45, 7) is 1.96. The highest BCUT2D eigenvalue weighted by Crippen LogP contribution is 2.38. The van der Waals surface area contributed by atoms with E-state index in [4.69, 9.17) is 4.42 Å². The summed E-state index contributed by atoms with van der Waals surface area (Å²) in [5, 5.41) is 3.93. The molecule has 0 spiro atoms. The molecule has 1 fully saturated rings. The van der Waals surface area contributed by atoms with Crippen LogP contribution in [-0.2, 0) is 4.79 Å². The van der Waals surface area contributed by atoms with E-state index >= 15 is 0 Å². The van der Waals surface area contributed by atoms with E-state index < -0.39 is 0 Å². The summed E-state index contributed by atoms with van der Waals surface area (Å²) in [4.78, 5) is 49.3. The molecule has 3 amide bonds. The molecule has 0 radical (unpaired) electrons. The molecule has 12 heteroatoms. The zero-order valence-electron chi connectivity index (χ0n) is 21.6. The van der Waals surface area contributed by atoms with Crippen molar-refractivity contribution in [3.8, 4) is 0 Å². The van der Waals surface area contributed by atoms with Gasteiger partial charge in [-0.3, -0.25) is 14.4 Å². The first kappa shape index (κ1) is 26.9. The number of hydrogen-bond donors (Lipinski definition) is 1. The minimum absolute atomic E-state index is 0.237. The smallest absolute Gasteiger partial charge is 0.266 e. The molecule has 0 saturated carbocycles. The predicted octanol–water partition coefficient (Wildman–Crippen LogP) is 7.80. The molecule has 1 saturated heterocycles. The van der Waals surface area contributed by atoms with E-state index in [0.29, 0.717) is 37.7 Å². The quantitative estimate of drug-likeness (QED) is 0.150. The van der Waals surface area contributed by atoms with Gasteiger partial charge >= 0.3 is 0 Å². The third-order valence-corrected chi connectivity index (χ3v) is 9.90. The Balaban J connectivity index is 1.07. The molecule has 1 N–H and O–H groups in total. The van der Waals surface area contributed by atoms with Crippen molar-refractivity contribution in [2.45, 2.75) is 16.4 Å². The van der Waals surface area contributed by atoms with Gasteiger partial charge in [-0.1, -0.05) is 28.1 Å². The van der Waals surface area contributed by atoms with Crippen LogP contribution in [0.15, 0.2) is 101 Å². The van der Waals surface area contributed by atoms with E-state index in [1.165, 1.54) is 39.8 Å². The van der Waals surface area contributed by atoms with Gasteiger partial charge in [0, 0.05) is 10.5 Å². The van der Waals surface area contributed by atoms with Crippen LogP contribution in [0.5, 0.6) is 0 Å². The van der Waals surface area contributed by atoms with Crippen molar-refractivity contribution < 1.29 is 18.8 Å². The lowest BCUT2D eigenvalue weighted by Gasteiger charge is -2.13. The maximum absolute atomic E-state index is 12.9. The Kier molecular flexibility index (Phi) is 6.85. The van der Waals surface area contributed by atoms with E-state index in [-0.39, 0.29) is 17.7 Å². The molecule has 0 atom stereocenters. The highest BCUT2D eigenvalue weighted by molar-refractivity contribution is 9.10. The monoisotopic (exact) mass is 672 g/mol. The first-order valence-electron chi connectivity index (χ1n) is 12.5. The van der Waals surface area contributed by atoms with Crippen molar-refractivity contribution in [3.05, 3.63) is 105 Å². The van der Waals surface area contributed by atoms with Gasteiger partial charge in [0.1, 0.15) is 5.76 Å². The summed E-state index contributed by atoms with van der Waals surface area (Å²) < 4.78 is 8.52. The topological polar surface area (TPSA) is 105 Å². The maximum atomic E-state index is 12.9. The molecule has 8 nitrogen and oxygen atoms in total. The Labute approximate surface area is 260 Å². The van der Waals surface area contributed by atoms with E-state index in [1.807, 2.05) is 37.3 Å². The molecule has 42 heavy (non-hydrogen) atoms. The molecule has 5 aromatic rings. The fourth-order valence-electron chi connectivity index (χ4n) is 4.51. The number of thioether (sulfide) groups is 1. The van der Waals surface area contributed by atoms with E-state index in [2.05, 4.69) is 31.2 Å². The molecule has 0 aliphatic carbocycles. The van der Waals surface area contributed by atoms with Crippen molar-refractivity contribution in [2.75, 3.05) is 4.90 Å². The number of halogens is 1. The number of carbonyl (C=O) groups excluding carboxylic acids is 3. The van der Waals surface area contributed by atoms with Gasteiger partial charge < -0.3 is 9.73 Å². The van der Waals surface area contributed by atoms with Gasteiger partial charge in [0.2, 0.25) is 0 Å². The van der Waals surface area contributed by atoms with Crippen molar-refractivity contribution in [2.24, 2.45) is 4.99 Å². The SMILES string of the molecule is Cc1cc(Br)ccc1N=C1NC(=O)/C(=C/c2ccc(Sc3nc4ccc(N5C(=O)c6ccccc6C5=O)cc4s3)o2)S1. The lowest BCUT2D eigenvalue weighted by Crippen LogP contribution is -2.29. The van der Waals surface area contributed by atoms with Crippen LogP contribution in [0.3, 0.4) is 0 Å². The number of aryl methyl sites for hydroxylation is 1. The van der Waals surface area contributed by atoms with Gasteiger partial charge in [0.05, 0.1) is 37.6 Å². The number of nitrogens with one attached hydrogen (secondary N) is 1. The molecule has 0 bridgehead atoms. The number of imide groups is 1. The molecule has 2 aromatic heterocycles. The number of hydrogen-bond acceptors (Lipinski definition) is 9. The molecule has 2 aliphatic rings. The van der Waals surface area contributed by atoms with Crippen molar-refractivity contribution in [3.63, 3.8) is 0 Å². The first-order valence-corrected chi connectivity index (χ1v) is 15.8. The number of aromatic nitrogens is 1. The zero-order chi connectivity index (χ0) is 29.0. The summed E-state index contributed by atoms with van der Waals surface area (Å²) in [5.41, 5.74) is 3.85. The minimum atomic E-state index is -0.331. The molecule has 3 aromatic carbocycles. The third kappa shape index (κ3) is 5.00. The van der Waals surface area contributed by atoms with Crippen LogP contribution < -0.4 is 10.2 Å². The predicted molar refractivity (Wildman–Crippen MR) is 170 cm³/mol. The Bertz CT molecular complexity index is 1990. The number of thiazole rings is 1. The number of furan rings is 1. The Morgan fingerprint density at radius 3 is 2.55 bits per heavy atom. The number of amides is 3. The number of nitrogens with zero attached hydrogens (tertiary/aromatic N) is 3. The largest absolute Gasteiger partial charge is 0.450 e. The lowest BCUT2D eigenvalue weighted by atomic mass is 10.1. The Morgan fingerprint density at radius 2 is 1.79 bits per heavy atom. The minimum Gasteiger partial charge on any atom is -0.450 e. The second-order valence-corrected chi connectivity index (χ2v) is 13.5. The van der Waals surface area contributed by atoms with Crippen LogP contribution in [0, 0.1) is 6.92 Å². The van der Waals surface area contributed by atoms with E-state index in [0.717, 1.165) is 30.3 Å². The van der Waals surface area contributed by atoms with Crippen LogP contribution in [-0.4, -0.2) is 27.9 Å².